The van der Waals surface area contributed by atoms with E-state index in [0.717, 1.165) is 37.2 Å². The smallest absolute Gasteiger partial charge is 0.127 e. The number of hydrogen-bond acceptors (Lipinski definition) is 4. The molecule has 1 fully saturated rings. The van der Waals surface area contributed by atoms with E-state index in [1.165, 1.54) is 23.3 Å². The maximum absolute atomic E-state index is 14.6. The van der Waals surface area contributed by atoms with Gasteiger partial charge < -0.3 is 21.3 Å². The Morgan fingerprint density at radius 3 is 2.96 bits per heavy atom. The van der Waals surface area contributed by atoms with Gasteiger partial charge in [-0.05, 0) is 68.1 Å². The summed E-state index contributed by atoms with van der Waals surface area (Å²) in [6.45, 7) is 5.94. The van der Waals surface area contributed by atoms with E-state index in [1.807, 2.05) is 19.1 Å². The van der Waals surface area contributed by atoms with Crippen LogP contribution in [0.2, 0.25) is 0 Å². The van der Waals surface area contributed by atoms with Crippen LogP contribution in [0.4, 0.5) is 4.39 Å². The molecule has 2 aliphatic heterocycles. The van der Waals surface area contributed by atoms with Crippen LogP contribution in [0.1, 0.15) is 29.9 Å². The Labute approximate surface area is 161 Å². The lowest BCUT2D eigenvalue weighted by atomic mass is 9.81. The lowest BCUT2D eigenvalue weighted by Crippen LogP contribution is -2.33. The van der Waals surface area contributed by atoms with Gasteiger partial charge in [0.25, 0.3) is 0 Å². The Morgan fingerprint density at radius 2 is 2.22 bits per heavy atom. The minimum absolute atomic E-state index is 0.0493. The fraction of sp³-hybridized carbons (Fsp3) is 0.455. The topological polar surface area (TPSA) is 53.3 Å². The van der Waals surface area contributed by atoms with Gasteiger partial charge in [0.1, 0.15) is 5.82 Å². The van der Waals surface area contributed by atoms with Crippen LogP contribution in [0.5, 0.6) is 0 Å². The largest absolute Gasteiger partial charge is 0.387 e. The third-order valence-electron chi connectivity index (χ3n) is 6.02. The van der Waals surface area contributed by atoms with E-state index in [-0.39, 0.29) is 11.7 Å². The molecule has 0 amide bonds. The second-order valence-corrected chi connectivity index (χ2v) is 8.12. The average Bonchev–Trinajstić information content (AvgIpc) is 3.05. The van der Waals surface area contributed by atoms with Crippen molar-refractivity contribution in [3.05, 3.63) is 70.0 Å². The SMILES string of the molecule is Cc1cccc(F)c1C1C=C2CNC(N)=CC2=C(NC[C@@H]2CCN(C)C2)C1. The van der Waals surface area contributed by atoms with Crippen LogP contribution in [0.15, 0.2) is 53.0 Å². The highest BCUT2D eigenvalue weighted by Crippen LogP contribution is 2.38. The molecule has 2 heterocycles. The van der Waals surface area contributed by atoms with Crippen LogP contribution in [0.3, 0.4) is 0 Å². The Morgan fingerprint density at radius 1 is 1.37 bits per heavy atom. The number of fused-ring (bicyclic) bond motifs is 1. The zero-order valence-electron chi connectivity index (χ0n) is 16.2. The van der Waals surface area contributed by atoms with Crippen LogP contribution in [0.25, 0.3) is 0 Å². The molecule has 0 saturated carbocycles. The highest BCUT2D eigenvalue weighted by atomic mass is 19.1. The molecule has 0 spiro atoms. The fourth-order valence-electron chi connectivity index (χ4n) is 4.58. The molecule has 1 aliphatic carbocycles. The monoisotopic (exact) mass is 368 g/mol. The van der Waals surface area contributed by atoms with Gasteiger partial charge in [0, 0.05) is 36.8 Å². The first-order valence-corrected chi connectivity index (χ1v) is 9.84. The summed E-state index contributed by atoms with van der Waals surface area (Å²) in [5.74, 6) is 1.29. The number of rotatable bonds is 4. The molecular weight excluding hydrogens is 339 g/mol. The second kappa shape index (κ2) is 7.39. The molecule has 1 unspecified atom stereocenters. The van der Waals surface area contributed by atoms with Crippen molar-refractivity contribution < 1.29 is 4.39 Å². The van der Waals surface area contributed by atoms with Crippen LogP contribution in [-0.2, 0) is 0 Å². The van der Waals surface area contributed by atoms with E-state index in [4.69, 9.17) is 5.73 Å². The van der Waals surface area contributed by atoms with Crippen molar-refractivity contribution in [1.29, 1.82) is 0 Å². The van der Waals surface area contributed by atoms with Crippen LogP contribution in [-0.4, -0.2) is 38.1 Å². The summed E-state index contributed by atoms with van der Waals surface area (Å²) in [4.78, 5) is 2.38. The molecule has 27 heavy (non-hydrogen) atoms. The van der Waals surface area contributed by atoms with Gasteiger partial charge in [0.05, 0.1) is 5.82 Å². The Hall–Kier alpha value is -2.27. The Balaban J connectivity index is 1.62. The number of likely N-dealkylation sites (tertiary alicyclic amines) is 1. The predicted octanol–water partition coefficient (Wildman–Crippen LogP) is 2.75. The Kier molecular flexibility index (Phi) is 4.96. The fourth-order valence-corrected chi connectivity index (χ4v) is 4.58. The molecule has 0 bridgehead atoms. The summed E-state index contributed by atoms with van der Waals surface area (Å²) >= 11 is 0. The van der Waals surface area contributed by atoms with Gasteiger partial charge in [-0.15, -0.1) is 0 Å². The number of allylic oxidation sites excluding steroid dienone is 3. The van der Waals surface area contributed by atoms with Gasteiger partial charge in [-0.3, -0.25) is 0 Å². The Bertz CT molecular complexity index is 803. The number of nitrogens with zero attached hydrogens (tertiary/aromatic N) is 1. The quantitative estimate of drug-likeness (QED) is 0.765. The number of hydrogen-bond donors (Lipinski definition) is 3. The summed E-state index contributed by atoms with van der Waals surface area (Å²) < 4.78 is 14.6. The van der Waals surface area contributed by atoms with E-state index in [1.54, 1.807) is 12.1 Å². The minimum Gasteiger partial charge on any atom is -0.387 e. The molecule has 4 N–H and O–H groups in total. The zero-order chi connectivity index (χ0) is 19.0. The van der Waals surface area contributed by atoms with E-state index in [2.05, 4.69) is 28.7 Å². The van der Waals surface area contributed by atoms with Crippen molar-refractivity contribution in [1.82, 2.24) is 15.5 Å². The molecule has 0 radical (unpaired) electrons. The van der Waals surface area contributed by atoms with Crippen molar-refractivity contribution in [2.24, 2.45) is 11.7 Å². The first kappa shape index (κ1) is 18.1. The van der Waals surface area contributed by atoms with E-state index < -0.39 is 0 Å². The predicted molar refractivity (Wildman–Crippen MR) is 107 cm³/mol. The molecule has 1 aromatic rings. The molecule has 1 saturated heterocycles. The lowest BCUT2D eigenvalue weighted by molar-refractivity contribution is 0.391. The van der Waals surface area contributed by atoms with Crippen LogP contribution in [0, 0.1) is 18.7 Å². The first-order chi connectivity index (χ1) is 13.0. The zero-order valence-corrected chi connectivity index (χ0v) is 16.2. The summed E-state index contributed by atoms with van der Waals surface area (Å²) in [6, 6.07) is 5.35. The molecular formula is C22H29FN4. The van der Waals surface area contributed by atoms with Crippen LogP contribution < -0.4 is 16.4 Å². The first-order valence-electron chi connectivity index (χ1n) is 9.84. The molecule has 4 nitrogen and oxygen atoms in total. The lowest BCUT2D eigenvalue weighted by Gasteiger charge is -2.31. The summed E-state index contributed by atoms with van der Waals surface area (Å²) in [5.41, 5.74) is 11.4. The van der Waals surface area contributed by atoms with Gasteiger partial charge in [-0.25, -0.2) is 4.39 Å². The maximum atomic E-state index is 14.6. The molecule has 2 atom stereocenters. The molecule has 1 aromatic carbocycles. The standard InChI is InChI=1S/C22H29FN4/c1-14-4-3-5-19(23)22(14)16-8-17-12-26-21(24)10-18(17)20(9-16)25-11-15-6-7-27(2)13-15/h3-5,8,10,15-16,25-26H,6-7,9,11-13,24H2,1-2H3/t15-,16?/m0/s1. The molecule has 144 valence electrons. The summed E-state index contributed by atoms with van der Waals surface area (Å²) in [6.07, 6.45) is 6.24. The molecule has 4 rings (SSSR count). The second-order valence-electron chi connectivity index (χ2n) is 8.12. The highest BCUT2D eigenvalue weighted by Gasteiger charge is 2.28. The number of nitrogens with two attached hydrogens (primary N) is 1. The molecule has 0 aromatic heterocycles. The van der Waals surface area contributed by atoms with E-state index >= 15 is 0 Å². The summed E-state index contributed by atoms with van der Waals surface area (Å²) in [7, 11) is 2.18. The normalized spacial score (nSPS) is 25.6. The van der Waals surface area contributed by atoms with Gasteiger partial charge in [-0.1, -0.05) is 18.2 Å². The third kappa shape index (κ3) is 3.74. The van der Waals surface area contributed by atoms with E-state index in [9.17, 15) is 4.39 Å². The molecule has 5 heteroatoms. The van der Waals surface area contributed by atoms with Gasteiger partial charge in [0.2, 0.25) is 0 Å². The third-order valence-corrected chi connectivity index (χ3v) is 6.02. The number of halogens is 1. The summed E-state index contributed by atoms with van der Waals surface area (Å²) in [5, 5.41) is 6.92. The number of nitrogens with one attached hydrogen (secondary N) is 2. The van der Waals surface area contributed by atoms with Crippen molar-refractivity contribution in [2.75, 3.05) is 33.2 Å². The van der Waals surface area contributed by atoms with Gasteiger partial charge in [0.15, 0.2) is 0 Å². The van der Waals surface area contributed by atoms with Crippen molar-refractivity contribution in [2.45, 2.75) is 25.7 Å². The average molecular weight is 369 g/mol. The van der Waals surface area contributed by atoms with Crippen LogP contribution >= 0.6 is 0 Å². The van der Waals surface area contributed by atoms with E-state index in [0.29, 0.717) is 18.3 Å². The van der Waals surface area contributed by atoms with Crippen molar-refractivity contribution >= 4 is 0 Å². The van der Waals surface area contributed by atoms with Crippen molar-refractivity contribution in [3.8, 4) is 0 Å². The number of aryl methyl sites for hydroxylation is 1. The highest BCUT2D eigenvalue weighted by molar-refractivity contribution is 5.53. The van der Waals surface area contributed by atoms with Crippen molar-refractivity contribution in [3.63, 3.8) is 0 Å². The van der Waals surface area contributed by atoms with Gasteiger partial charge >= 0.3 is 0 Å². The number of benzene rings is 1. The maximum Gasteiger partial charge on any atom is 0.127 e. The molecule has 3 aliphatic rings. The van der Waals surface area contributed by atoms with Gasteiger partial charge in [-0.2, -0.15) is 0 Å². The minimum atomic E-state index is -0.115.